The third kappa shape index (κ3) is 4.30. The van der Waals surface area contributed by atoms with Gasteiger partial charge in [-0.2, -0.15) is 5.26 Å². The quantitative estimate of drug-likeness (QED) is 0.407. The third-order valence-corrected chi connectivity index (χ3v) is 6.04. The minimum absolute atomic E-state index is 0.0451. The normalized spacial score (nSPS) is 14.6. The number of aromatic nitrogens is 2. The molecule has 7 nitrogen and oxygen atoms in total. The molecule has 1 aromatic heterocycles. The molecule has 35 heavy (non-hydrogen) atoms. The van der Waals surface area contributed by atoms with Crippen LogP contribution < -0.4 is 19.9 Å². The lowest BCUT2D eigenvalue weighted by molar-refractivity contribution is 0.305. The summed E-state index contributed by atoms with van der Waals surface area (Å²) in [6, 6.07) is 25.8. The number of methoxy groups -OCH3 is 1. The Morgan fingerprint density at radius 1 is 1.06 bits per heavy atom. The van der Waals surface area contributed by atoms with E-state index in [1.54, 1.807) is 7.11 Å². The molecule has 0 spiro atoms. The number of benzene rings is 3. The predicted molar refractivity (Wildman–Crippen MR) is 132 cm³/mol. The molecule has 1 aliphatic heterocycles. The van der Waals surface area contributed by atoms with Gasteiger partial charge in [0.05, 0.1) is 24.3 Å². The van der Waals surface area contributed by atoms with E-state index < -0.39 is 5.92 Å². The summed E-state index contributed by atoms with van der Waals surface area (Å²) in [5, 5.41) is 17.4. The number of nitriles is 1. The summed E-state index contributed by atoms with van der Waals surface area (Å²) in [5.41, 5.74) is 12.0. The number of aryl methyl sites for hydroxylation is 1. The lowest BCUT2D eigenvalue weighted by atomic mass is 9.83. The minimum Gasteiger partial charge on any atom is -0.497 e. The summed E-state index contributed by atoms with van der Waals surface area (Å²) >= 11 is 0. The van der Waals surface area contributed by atoms with E-state index in [0.29, 0.717) is 23.8 Å². The fourth-order valence-electron chi connectivity index (χ4n) is 4.19. The Morgan fingerprint density at radius 3 is 2.54 bits per heavy atom. The second-order valence-corrected chi connectivity index (χ2v) is 8.32. The number of allylic oxidation sites excluding steroid dienone is 1. The Balaban J connectivity index is 1.53. The van der Waals surface area contributed by atoms with Gasteiger partial charge in [-0.1, -0.05) is 42.0 Å². The van der Waals surface area contributed by atoms with Crippen LogP contribution in [-0.2, 0) is 6.61 Å². The van der Waals surface area contributed by atoms with E-state index in [1.165, 1.54) is 5.56 Å². The SMILES string of the molecule is COc1ccc(-c2[nH]nc3c2[C@@H](c2cccc(OCc4ccc(C)cc4)c2)C(C#N)=C(N)O3)cc1. The number of nitrogens with zero attached hydrogens (tertiary/aromatic N) is 2. The van der Waals surface area contributed by atoms with E-state index in [4.69, 9.17) is 19.9 Å². The van der Waals surface area contributed by atoms with Gasteiger partial charge in [0.1, 0.15) is 29.7 Å². The maximum absolute atomic E-state index is 9.98. The van der Waals surface area contributed by atoms with E-state index in [9.17, 15) is 5.26 Å². The summed E-state index contributed by atoms with van der Waals surface area (Å²) in [6.07, 6.45) is 0. The van der Waals surface area contributed by atoms with Crippen LogP contribution in [0.25, 0.3) is 11.3 Å². The summed E-state index contributed by atoms with van der Waals surface area (Å²) in [6.45, 7) is 2.49. The summed E-state index contributed by atoms with van der Waals surface area (Å²) < 4.78 is 17.1. The molecule has 0 saturated carbocycles. The molecule has 4 aromatic rings. The number of fused-ring (bicyclic) bond motifs is 1. The van der Waals surface area contributed by atoms with Gasteiger partial charge in [-0.05, 0) is 54.4 Å². The molecular weight excluding hydrogens is 440 g/mol. The molecule has 174 valence electrons. The Bertz CT molecular complexity index is 1430. The molecule has 0 amide bonds. The zero-order chi connectivity index (χ0) is 24.4. The highest BCUT2D eigenvalue weighted by atomic mass is 16.5. The monoisotopic (exact) mass is 464 g/mol. The van der Waals surface area contributed by atoms with Crippen LogP contribution in [0.15, 0.2) is 84.3 Å². The predicted octanol–water partition coefficient (Wildman–Crippen LogP) is 5.19. The van der Waals surface area contributed by atoms with Gasteiger partial charge in [0.15, 0.2) is 0 Å². The van der Waals surface area contributed by atoms with Crippen molar-refractivity contribution in [2.45, 2.75) is 19.4 Å². The Kier molecular flexibility index (Phi) is 5.86. The number of rotatable bonds is 6. The van der Waals surface area contributed by atoms with Gasteiger partial charge < -0.3 is 19.9 Å². The number of nitrogens with two attached hydrogens (primary N) is 1. The largest absolute Gasteiger partial charge is 0.497 e. The lowest BCUT2D eigenvalue weighted by Gasteiger charge is -2.24. The molecule has 0 aliphatic carbocycles. The number of hydrogen-bond donors (Lipinski definition) is 2. The van der Waals surface area contributed by atoms with Gasteiger partial charge >= 0.3 is 0 Å². The fourth-order valence-corrected chi connectivity index (χ4v) is 4.19. The zero-order valence-corrected chi connectivity index (χ0v) is 19.4. The number of nitrogens with one attached hydrogen (secondary N) is 1. The van der Waals surface area contributed by atoms with Crippen molar-refractivity contribution in [1.29, 1.82) is 5.26 Å². The van der Waals surface area contributed by atoms with E-state index in [0.717, 1.165) is 33.7 Å². The van der Waals surface area contributed by atoms with Crippen molar-refractivity contribution < 1.29 is 14.2 Å². The smallest absolute Gasteiger partial charge is 0.244 e. The second-order valence-electron chi connectivity index (χ2n) is 8.32. The fraction of sp³-hybridized carbons (Fsp3) is 0.143. The molecule has 0 unspecified atom stereocenters. The first kappa shape index (κ1) is 22.1. The molecule has 0 bridgehead atoms. The summed E-state index contributed by atoms with van der Waals surface area (Å²) in [4.78, 5) is 0. The van der Waals surface area contributed by atoms with Crippen LogP contribution >= 0.6 is 0 Å². The standard InChI is InChI=1S/C28H24N4O3/c1-17-6-8-18(9-7-17)16-34-22-5-3-4-20(14-22)24-23(15-29)27(30)35-28-25(24)26(31-32-28)19-10-12-21(33-2)13-11-19/h3-14,24H,16,30H2,1-2H3,(H,31,32)/t24-/m0/s1. The van der Waals surface area contributed by atoms with Crippen LogP contribution in [0.4, 0.5) is 0 Å². The molecule has 7 heteroatoms. The molecule has 3 aromatic carbocycles. The highest BCUT2D eigenvalue weighted by molar-refractivity contribution is 5.71. The van der Waals surface area contributed by atoms with Gasteiger partial charge in [-0.15, -0.1) is 5.10 Å². The van der Waals surface area contributed by atoms with Crippen LogP contribution in [0.2, 0.25) is 0 Å². The third-order valence-electron chi connectivity index (χ3n) is 6.04. The van der Waals surface area contributed by atoms with Crippen LogP contribution in [-0.4, -0.2) is 17.3 Å². The Morgan fingerprint density at radius 2 is 1.83 bits per heavy atom. The van der Waals surface area contributed by atoms with E-state index >= 15 is 0 Å². The first-order valence-corrected chi connectivity index (χ1v) is 11.2. The number of H-pyrrole nitrogens is 1. The number of ether oxygens (including phenoxy) is 3. The van der Waals surface area contributed by atoms with Crippen LogP contribution in [0.5, 0.6) is 17.4 Å². The van der Waals surface area contributed by atoms with E-state index in [-0.39, 0.29) is 5.88 Å². The van der Waals surface area contributed by atoms with Gasteiger partial charge in [0.25, 0.3) is 0 Å². The van der Waals surface area contributed by atoms with Crippen molar-refractivity contribution in [2.75, 3.05) is 7.11 Å². The van der Waals surface area contributed by atoms with Crippen LogP contribution in [0, 0.1) is 18.3 Å². The van der Waals surface area contributed by atoms with Crippen molar-refractivity contribution in [2.24, 2.45) is 5.73 Å². The summed E-state index contributed by atoms with van der Waals surface area (Å²) in [5.74, 6) is 1.37. The van der Waals surface area contributed by atoms with Crippen molar-refractivity contribution >= 4 is 0 Å². The highest BCUT2D eigenvalue weighted by Crippen LogP contribution is 2.46. The van der Waals surface area contributed by atoms with Crippen LogP contribution in [0.3, 0.4) is 0 Å². The Labute approximate surface area is 203 Å². The minimum atomic E-state index is -0.470. The molecule has 0 radical (unpaired) electrons. The molecule has 0 saturated heterocycles. The topological polar surface area (TPSA) is 106 Å². The van der Waals surface area contributed by atoms with Crippen molar-refractivity contribution in [1.82, 2.24) is 10.2 Å². The van der Waals surface area contributed by atoms with Crippen molar-refractivity contribution in [3.05, 3.63) is 107 Å². The zero-order valence-electron chi connectivity index (χ0n) is 19.4. The molecule has 2 heterocycles. The van der Waals surface area contributed by atoms with Crippen molar-refractivity contribution in [3.8, 4) is 34.7 Å². The molecule has 0 fully saturated rings. The molecule has 5 rings (SSSR count). The van der Waals surface area contributed by atoms with E-state index in [2.05, 4.69) is 35.3 Å². The number of hydrogen-bond acceptors (Lipinski definition) is 6. The van der Waals surface area contributed by atoms with Gasteiger partial charge in [-0.3, -0.25) is 5.10 Å². The molecule has 1 aliphatic rings. The van der Waals surface area contributed by atoms with Gasteiger partial charge in [0, 0.05) is 5.56 Å². The van der Waals surface area contributed by atoms with E-state index in [1.807, 2.05) is 60.7 Å². The molecule has 3 N–H and O–H groups in total. The maximum Gasteiger partial charge on any atom is 0.244 e. The highest BCUT2D eigenvalue weighted by Gasteiger charge is 2.35. The summed E-state index contributed by atoms with van der Waals surface area (Å²) in [7, 11) is 1.62. The first-order chi connectivity index (χ1) is 17.1. The van der Waals surface area contributed by atoms with Crippen LogP contribution in [0.1, 0.15) is 28.2 Å². The Hall–Kier alpha value is -4.70. The second kappa shape index (κ2) is 9.27. The molecular formula is C28H24N4O3. The maximum atomic E-state index is 9.98. The van der Waals surface area contributed by atoms with Gasteiger partial charge in [-0.25, -0.2) is 0 Å². The van der Waals surface area contributed by atoms with Crippen molar-refractivity contribution in [3.63, 3.8) is 0 Å². The first-order valence-electron chi connectivity index (χ1n) is 11.2. The average Bonchev–Trinajstić information content (AvgIpc) is 3.31. The average molecular weight is 465 g/mol. The molecule has 1 atom stereocenters. The number of aromatic amines is 1. The lowest BCUT2D eigenvalue weighted by Crippen LogP contribution is -2.21. The van der Waals surface area contributed by atoms with Gasteiger partial charge in [0.2, 0.25) is 11.8 Å².